The van der Waals surface area contributed by atoms with Gasteiger partial charge in [0.1, 0.15) is 5.75 Å². The van der Waals surface area contributed by atoms with Crippen LogP contribution >= 0.6 is 35.0 Å². The van der Waals surface area contributed by atoms with Crippen LogP contribution in [-0.4, -0.2) is 27.1 Å². The van der Waals surface area contributed by atoms with Crippen LogP contribution in [0, 0.1) is 0 Å². The van der Waals surface area contributed by atoms with Crippen molar-refractivity contribution in [2.24, 2.45) is 0 Å². The molecule has 4 nitrogen and oxygen atoms in total. The normalized spacial score (nSPS) is 10.8. The summed E-state index contributed by atoms with van der Waals surface area (Å²) in [5, 5.41) is 10.8. The van der Waals surface area contributed by atoms with Crippen molar-refractivity contribution in [3.63, 3.8) is 0 Å². The van der Waals surface area contributed by atoms with Gasteiger partial charge in [-0.2, -0.15) is 0 Å². The van der Waals surface area contributed by atoms with Gasteiger partial charge in [0.2, 0.25) is 0 Å². The van der Waals surface area contributed by atoms with Gasteiger partial charge in [0.25, 0.3) is 0 Å². The summed E-state index contributed by atoms with van der Waals surface area (Å²) in [5.74, 6) is 2.29. The van der Waals surface area contributed by atoms with Gasteiger partial charge >= 0.3 is 0 Å². The Hall–Kier alpha value is -1.69. The quantitative estimate of drug-likeness (QED) is 0.395. The Morgan fingerprint density at radius 1 is 1.04 bits per heavy atom. The largest absolute Gasteiger partial charge is 0.491 e. The molecule has 0 N–H and O–H groups in total. The van der Waals surface area contributed by atoms with Crippen LogP contribution in [0.15, 0.2) is 53.7 Å². The van der Waals surface area contributed by atoms with Crippen LogP contribution in [0.1, 0.15) is 6.92 Å². The smallest absolute Gasteiger partial charge is 0.191 e. The van der Waals surface area contributed by atoms with E-state index < -0.39 is 0 Å². The molecule has 0 amide bonds. The number of aromatic nitrogens is 3. The Morgan fingerprint density at radius 3 is 2.52 bits per heavy atom. The number of thioether (sulfide) groups is 1. The first-order valence-corrected chi connectivity index (χ1v) is 9.62. The molecule has 3 aromatic rings. The first-order valence-electron chi connectivity index (χ1n) is 7.88. The predicted molar refractivity (Wildman–Crippen MR) is 104 cm³/mol. The summed E-state index contributed by atoms with van der Waals surface area (Å²) in [4.78, 5) is 0. The fourth-order valence-electron chi connectivity index (χ4n) is 2.34. The molecule has 0 saturated carbocycles. The second-order valence-corrected chi connectivity index (χ2v) is 7.09. The highest BCUT2D eigenvalue weighted by Gasteiger charge is 2.13. The van der Waals surface area contributed by atoms with Crippen molar-refractivity contribution in [1.29, 1.82) is 0 Å². The standard InChI is InChI=1S/C18H17Cl2N3OS/c1-2-23-17(13-7-9-14(19)10-8-13)21-22-18(23)25-12-11-24-16-6-4-3-5-15(16)20/h3-10H,2,11-12H2,1H3. The molecule has 0 fully saturated rings. The lowest BCUT2D eigenvalue weighted by atomic mass is 10.2. The zero-order chi connectivity index (χ0) is 17.6. The molecule has 0 aliphatic rings. The van der Waals surface area contributed by atoms with E-state index in [1.165, 1.54) is 0 Å². The monoisotopic (exact) mass is 393 g/mol. The second kappa shape index (κ2) is 8.61. The van der Waals surface area contributed by atoms with Crippen LogP contribution in [0.5, 0.6) is 5.75 Å². The summed E-state index contributed by atoms with van der Waals surface area (Å²) in [6.07, 6.45) is 0. The lowest BCUT2D eigenvalue weighted by Crippen LogP contribution is -2.04. The Bertz CT molecular complexity index is 837. The molecule has 0 saturated heterocycles. The van der Waals surface area contributed by atoms with Crippen LogP contribution in [0.3, 0.4) is 0 Å². The molecule has 0 radical (unpaired) electrons. The highest BCUT2D eigenvalue weighted by atomic mass is 35.5. The topological polar surface area (TPSA) is 39.9 Å². The minimum Gasteiger partial charge on any atom is -0.491 e. The number of halogens is 2. The zero-order valence-corrected chi connectivity index (χ0v) is 16.0. The maximum atomic E-state index is 6.08. The molecule has 7 heteroatoms. The van der Waals surface area contributed by atoms with E-state index in [0.717, 1.165) is 28.8 Å². The van der Waals surface area contributed by atoms with Crippen LogP contribution in [-0.2, 0) is 6.54 Å². The third kappa shape index (κ3) is 4.48. The van der Waals surface area contributed by atoms with Crippen LogP contribution in [0.4, 0.5) is 0 Å². The average molecular weight is 394 g/mol. The summed E-state index contributed by atoms with van der Waals surface area (Å²) >= 11 is 13.6. The summed E-state index contributed by atoms with van der Waals surface area (Å²) in [6, 6.07) is 15.1. The summed E-state index contributed by atoms with van der Waals surface area (Å²) < 4.78 is 7.80. The molecule has 1 aromatic heterocycles. The molecule has 130 valence electrons. The molecule has 0 atom stereocenters. The molecule has 0 bridgehead atoms. The summed E-state index contributed by atoms with van der Waals surface area (Å²) in [7, 11) is 0. The van der Waals surface area contributed by atoms with Gasteiger partial charge in [-0.3, -0.25) is 0 Å². The van der Waals surface area contributed by atoms with Gasteiger partial charge in [0.15, 0.2) is 11.0 Å². The fraction of sp³-hybridized carbons (Fsp3) is 0.222. The average Bonchev–Trinajstić information content (AvgIpc) is 3.03. The first-order chi connectivity index (χ1) is 12.2. The number of para-hydroxylation sites is 1. The lowest BCUT2D eigenvalue weighted by Gasteiger charge is -2.09. The summed E-state index contributed by atoms with van der Waals surface area (Å²) in [5.41, 5.74) is 0.998. The molecule has 1 heterocycles. The first kappa shape index (κ1) is 18.1. The maximum absolute atomic E-state index is 6.08. The highest BCUT2D eigenvalue weighted by Crippen LogP contribution is 2.26. The molecule has 25 heavy (non-hydrogen) atoms. The minimum absolute atomic E-state index is 0.543. The molecule has 2 aromatic carbocycles. The SMILES string of the molecule is CCn1c(SCCOc2ccccc2Cl)nnc1-c1ccc(Cl)cc1. The van der Waals surface area contributed by atoms with Crippen molar-refractivity contribution in [2.75, 3.05) is 12.4 Å². The highest BCUT2D eigenvalue weighted by molar-refractivity contribution is 7.99. The van der Waals surface area contributed by atoms with Crippen LogP contribution in [0.2, 0.25) is 10.0 Å². The Balaban J connectivity index is 1.63. The third-order valence-corrected chi connectivity index (χ3v) is 5.04. The van der Waals surface area contributed by atoms with E-state index in [2.05, 4.69) is 21.7 Å². The van der Waals surface area contributed by atoms with E-state index in [9.17, 15) is 0 Å². The van der Waals surface area contributed by atoms with E-state index in [1.54, 1.807) is 11.8 Å². The van der Waals surface area contributed by atoms with Crippen molar-refractivity contribution in [2.45, 2.75) is 18.6 Å². The Morgan fingerprint density at radius 2 is 1.80 bits per heavy atom. The van der Waals surface area contributed by atoms with Crippen molar-refractivity contribution in [1.82, 2.24) is 14.8 Å². The van der Waals surface area contributed by atoms with Gasteiger partial charge in [0.05, 0.1) is 11.6 Å². The third-order valence-electron chi connectivity index (χ3n) is 3.54. The van der Waals surface area contributed by atoms with Gasteiger partial charge in [-0.05, 0) is 43.3 Å². The number of hydrogen-bond acceptors (Lipinski definition) is 4. The fourth-order valence-corrected chi connectivity index (χ4v) is 3.47. The van der Waals surface area contributed by atoms with E-state index in [0.29, 0.717) is 22.4 Å². The van der Waals surface area contributed by atoms with Gasteiger partial charge in [-0.1, -0.05) is 47.1 Å². The molecule has 3 rings (SSSR count). The number of ether oxygens (including phenoxy) is 1. The number of benzene rings is 2. The van der Waals surface area contributed by atoms with E-state index >= 15 is 0 Å². The summed E-state index contributed by atoms with van der Waals surface area (Å²) in [6.45, 7) is 3.41. The molecule has 0 aliphatic heterocycles. The lowest BCUT2D eigenvalue weighted by molar-refractivity contribution is 0.344. The Kier molecular flexibility index (Phi) is 6.24. The van der Waals surface area contributed by atoms with E-state index in [4.69, 9.17) is 27.9 Å². The van der Waals surface area contributed by atoms with Crippen LogP contribution in [0.25, 0.3) is 11.4 Å². The predicted octanol–water partition coefficient (Wildman–Crippen LogP) is 5.44. The van der Waals surface area contributed by atoms with Gasteiger partial charge in [-0.15, -0.1) is 10.2 Å². The number of hydrogen-bond donors (Lipinski definition) is 0. The van der Waals surface area contributed by atoms with Gasteiger partial charge < -0.3 is 9.30 Å². The van der Waals surface area contributed by atoms with Crippen molar-refractivity contribution in [3.8, 4) is 17.1 Å². The molecular weight excluding hydrogens is 377 g/mol. The second-order valence-electron chi connectivity index (χ2n) is 5.18. The van der Waals surface area contributed by atoms with Gasteiger partial charge in [-0.25, -0.2) is 0 Å². The van der Waals surface area contributed by atoms with Gasteiger partial charge in [0, 0.05) is 22.9 Å². The number of nitrogens with zero attached hydrogens (tertiary/aromatic N) is 3. The van der Waals surface area contributed by atoms with E-state index in [-0.39, 0.29) is 0 Å². The van der Waals surface area contributed by atoms with Crippen molar-refractivity contribution >= 4 is 35.0 Å². The van der Waals surface area contributed by atoms with E-state index in [1.807, 2.05) is 48.5 Å². The Labute approximate surface area is 161 Å². The molecule has 0 spiro atoms. The molecule has 0 aliphatic carbocycles. The van der Waals surface area contributed by atoms with Crippen molar-refractivity contribution < 1.29 is 4.74 Å². The molecular formula is C18H17Cl2N3OS. The zero-order valence-electron chi connectivity index (χ0n) is 13.7. The van der Waals surface area contributed by atoms with Crippen LogP contribution < -0.4 is 4.74 Å². The minimum atomic E-state index is 0.543. The number of rotatable bonds is 7. The van der Waals surface area contributed by atoms with Crippen molar-refractivity contribution in [3.05, 3.63) is 58.6 Å². The maximum Gasteiger partial charge on any atom is 0.191 e. The molecule has 0 unspecified atom stereocenters.